The summed E-state index contributed by atoms with van der Waals surface area (Å²) in [5.41, 5.74) is 6.37. The Morgan fingerprint density at radius 1 is 1.22 bits per heavy atom. The lowest BCUT2D eigenvalue weighted by molar-refractivity contribution is 0.319. The smallest absolute Gasteiger partial charge is 0.130 e. The van der Waals surface area contributed by atoms with Crippen LogP contribution in [-0.4, -0.2) is 12.1 Å². The second-order valence-electron chi connectivity index (χ2n) is 5.17. The highest BCUT2D eigenvalue weighted by Crippen LogP contribution is 2.23. The molecule has 100 valence electrons. The molecule has 0 aliphatic heterocycles. The zero-order valence-corrected chi connectivity index (χ0v) is 10.6. The van der Waals surface area contributed by atoms with Gasteiger partial charge in [-0.2, -0.15) is 0 Å². The van der Waals surface area contributed by atoms with Gasteiger partial charge in [-0.05, 0) is 38.7 Å². The monoisotopic (exact) mass is 254 g/mol. The molecule has 1 fully saturated rings. The molecule has 0 radical (unpaired) electrons. The number of nitrogens with one attached hydrogen (secondary N) is 1. The number of halogens is 2. The van der Waals surface area contributed by atoms with E-state index < -0.39 is 11.6 Å². The molecule has 0 bridgehead atoms. The van der Waals surface area contributed by atoms with Gasteiger partial charge in [0.1, 0.15) is 11.6 Å². The normalized spacial score (nSPS) is 26.0. The molecule has 18 heavy (non-hydrogen) atoms. The van der Waals surface area contributed by atoms with E-state index in [9.17, 15) is 8.78 Å². The molecule has 1 aromatic carbocycles. The van der Waals surface area contributed by atoms with Crippen LogP contribution in [0, 0.1) is 11.6 Å². The molecule has 1 atom stereocenters. The molecule has 0 spiro atoms. The van der Waals surface area contributed by atoms with Crippen LogP contribution in [0.15, 0.2) is 18.2 Å². The van der Waals surface area contributed by atoms with E-state index in [2.05, 4.69) is 5.32 Å². The van der Waals surface area contributed by atoms with Gasteiger partial charge in [0.25, 0.3) is 0 Å². The van der Waals surface area contributed by atoms with Gasteiger partial charge in [0.2, 0.25) is 0 Å². The molecule has 0 aromatic heterocycles. The topological polar surface area (TPSA) is 38.0 Å². The molecule has 1 aliphatic rings. The van der Waals surface area contributed by atoms with Crippen molar-refractivity contribution >= 4 is 0 Å². The fraction of sp³-hybridized carbons (Fsp3) is 0.571. The average molecular weight is 254 g/mol. The van der Waals surface area contributed by atoms with Gasteiger partial charge in [0.05, 0.1) is 0 Å². The summed E-state index contributed by atoms with van der Waals surface area (Å²) in [4.78, 5) is 0. The summed E-state index contributed by atoms with van der Waals surface area (Å²) in [6, 6.07) is 4.32. The number of hydrogen-bond acceptors (Lipinski definition) is 2. The first-order valence-electron chi connectivity index (χ1n) is 6.53. The van der Waals surface area contributed by atoms with Crippen LogP contribution in [0.25, 0.3) is 0 Å². The van der Waals surface area contributed by atoms with E-state index in [-0.39, 0.29) is 6.04 Å². The molecule has 3 N–H and O–H groups in total. The van der Waals surface area contributed by atoms with Crippen molar-refractivity contribution in [3.63, 3.8) is 0 Å². The molecular weight excluding hydrogens is 234 g/mol. The first kappa shape index (κ1) is 13.4. The Kier molecular flexibility index (Phi) is 4.30. The predicted molar refractivity (Wildman–Crippen MR) is 68.1 cm³/mol. The highest BCUT2D eigenvalue weighted by molar-refractivity contribution is 5.21. The van der Waals surface area contributed by atoms with E-state index in [0.29, 0.717) is 17.6 Å². The molecule has 2 rings (SSSR count). The Morgan fingerprint density at radius 3 is 2.50 bits per heavy atom. The van der Waals surface area contributed by atoms with Gasteiger partial charge in [-0.1, -0.05) is 6.07 Å². The third-order valence-corrected chi connectivity index (χ3v) is 3.69. The molecule has 2 nitrogen and oxygen atoms in total. The van der Waals surface area contributed by atoms with E-state index >= 15 is 0 Å². The van der Waals surface area contributed by atoms with Crippen molar-refractivity contribution in [1.82, 2.24) is 5.32 Å². The highest BCUT2D eigenvalue weighted by atomic mass is 19.1. The van der Waals surface area contributed by atoms with Crippen molar-refractivity contribution in [3.8, 4) is 0 Å². The van der Waals surface area contributed by atoms with Crippen molar-refractivity contribution in [3.05, 3.63) is 35.4 Å². The van der Waals surface area contributed by atoms with Crippen LogP contribution in [-0.2, 0) is 0 Å². The quantitative estimate of drug-likeness (QED) is 0.870. The van der Waals surface area contributed by atoms with Crippen molar-refractivity contribution < 1.29 is 8.78 Å². The van der Waals surface area contributed by atoms with Crippen LogP contribution in [0.3, 0.4) is 0 Å². The van der Waals surface area contributed by atoms with Gasteiger partial charge in [-0.25, -0.2) is 8.78 Å². The van der Waals surface area contributed by atoms with Crippen LogP contribution >= 0.6 is 0 Å². The summed E-state index contributed by atoms with van der Waals surface area (Å²) in [6.45, 7) is 1.91. The Labute approximate surface area is 107 Å². The third kappa shape index (κ3) is 3.27. The lowest BCUT2D eigenvalue weighted by Gasteiger charge is -2.29. The van der Waals surface area contributed by atoms with Gasteiger partial charge in [0.15, 0.2) is 0 Å². The molecule has 0 heterocycles. The Balaban J connectivity index is 1.97. The van der Waals surface area contributed by atoms with Crippen LogP contribution in [0.4, 0.5) is 8.78 Å². The summed E-state index contributed by atoms with van der Waals surface area (Å²) in [7, 11) is 0. The van der Waals surface area contributed by atoms with Crippen molar-refractivity contribution in [2.45, 2.75) is 50.7 Å². The predicted octanol–water partition coefficient (Wildman–Crippen LogP) is 2.89. The fourth-order valence-electron chi connectivity index (χ4n) is 2.58. The van der Waals surface area contributed by atoms with Crippen molar-refractivity contribution in [2.75, 3.05) is 0 Å². The molecular formula is C14H20F2N2. The minimum absolute atomic E-state index is 0.107. The van der Waals surface area contributed by atoms with E-state index in [1.165, 1.54) is 12.1 Å². The Hall–Kier alpha value is -1.00. The Morgan fingerprint density at radius 2 is 1.89 bits per heavy atom. The number of nitrogens with two attached hydrogens (primary N) is 1. The molecule has 0 saturated heterocycles. The molecule has 4 heteroatoms. The average Bonchev–Trinajstić information content (AvgIpc) is 2.32. The summed E-state index contributed by atoms with van der Waals surface area (Å²) in [6.07, 6.45) is 4.06. The van der Waals surface area contributed by atoms with Crippen LogP contribution in [0.2, 0.25) is 0 Å². The largest absolute Gasteiger partial charge is 0.328 e. The van der Waals surface area contributed by atoms with Gasteiger partial charge in [-0.15, -0.1) is 0 Å². The van der Waals surface area contributed by atoms with E-state index in [0.717, 1.165) is 31.7 Å². The fourth-order valence-corrected chi connectivity index (χ4v) is 2.58. The molecule has 0 amide bonds. The van der Waals surface area contributed by atoms with E-state index in [1.54, 1.807) is 0 Å². The van der Waals surface area contributed by atoms with Crippen LogP contribution in [0.1, 0.15) is 44.2 Å². The van der Waals surface area contributed by atoms with E-state index in [4.69, 9.17) is 5.73 Å². The number of rotatable bonds is 3. The maximum absolute atomic E-state index is 13.6. The molecule has 1 saturated carbocycles. The SMILES string of the molecule is CC(NC1CCC(N)CC1)c1ccc(F)cc1F. The standard InChI is InChI=1S/C14H20F2N2/c1-9(13-7-2-10(15)8-14(13)16)18-12-5-3-11(17)4-6-12/h2,7-9,11-12,18H,3-6,17H2,1H3. The third-order valence-electron chi connectivity index (χ3n) is 3.69. The maximum atomic E-state index is 13.6. The van der Waals surface area contributed by atoms with Gasteiger partial charge < -0.3 is 11.1 Å². The van der Waals surface area contributed by atoms with Crippen molar-refractivity contribution in [2.24, 2.45) is 5.73 Å². The number of hydrogen-bond donors (Lipinski definition) is 2. The summed E-state index contributed by atoms with van der Waals surface area (Å²) < 4.78 is 26.5. The van der Waals surface area contributed by atoms with Gasteiger partial charge >= 0.3 is 0 Å². The van der Waals surface area contributed by atoms with Gasteiger partial charge in [-0.3, -0.25) is 0 Å². The first-order chi connectivity index (χ1) is 8.56. The Bertz CT molecular complexity index is 401. The second-order valence-corrected chi connectivity index (χ2v) is 5.17. The van der Waals surface area contributed by atoms with Gasteiger partial charge in [0, 0.05) is 29.8 Å². The van der Waals surface area contributed by atoms with Crippen LogP contribution in [0.5, 0.6) is 0 Å². The summed E-state index contributed by atoms with van der Waals surface area (Å²) in [5, 5.41) is 3.40. The maximum Gasteiger partial charge on any atom is 0.130 e. The zero-order valence-electron chi connectivity index (χ0n) is 10.6. The molecule has 1 unspecified atom stereocenters. The lowest BCUT2D eigenvalue weighted by Crippen LogP contribution is -2.38. The summed E-state index contributed by atoms with van der Waals surface area (Å²) >= 11 is 0. The first-order valence-corrected chi connectivity index (χ1v) is 6.53. The van der Waals surface area contributed by atoms with E-state index in [1.807, 2.05) is 6.92 Å². The van der Waals surface area contributed by atoms with Crippen LogP contribution < -0.4 is 11.1 Å². The molecule has 1 aliphatic carbocycles. The lowest BCUT2D eigenvalue weighted by atomic mass is 9.91. The summed E-state index contributed by atoms with van der Waals surface area (Å²) in [5.74, 6) is -1.02. The zero-order chi connectivity index (χ0) is 13.1. The minimum atomic E-state index is -0.535. The minimum Gasteiger partial charge on any atom is -0.328 e. The van der Waals surface area contributed by atoms with Crippen molar-refractivity contribution in [1.29, 1.82) is 0 Å². The number of benzene rings is 1. The molecule has 1 aromatic rings. The highest BCUT2D eigenvalue weighted by Gasteiger charge is 2.21. The second kappa shape index (κ2) is 5.76.